The molecule has 0 atom stereocenters. The number of aromatic hydroxyl groups is 7. The first kappa shape index (κ1) is 16.4. The van der Waals surface area contributed by atoms with Crippen molar-refractivity contribution in [2.75, 3.05) is 0 Å². The molecule has 0 aliphatic rings. The summed E-state index contributed by atoms with van der Waals surface area (Å²) in [4.78, 5) is 0. The van der Waals surface area contributed by atoms with Crippen molar-refractivity contribution in [3.63, 3.8) is 0 Å². The van der Waals surface area contributed by atoms with Crippen LogP contribution >= 0.6 is 0 Å². The quantitative estimate of drug-likeness (QED) is 0.336. The second-order valence-corrected chi connectivity index (χ2v) is 5.85. The Kier molecular flexibility index (Phi) is 3.45. The van der Waals surface area contributed by atoms with Gasteiger partial charge in [0.15, 0.2) is 28.7 Å². The van der Waals surface area contributed by atoms with E-state index in [0.29, 0.717) is 16.7 Å². The fraction of sp³-hybridized carbons (Fsp3) is 0.111. The number of fused-ring (bicyclic) bond motifs is 1. The molecule has 0 bridgehead atoms. The van der Waals surface area contributed by atoms with Gasteiger partial charge >= 0.3 is 0 Å². The SMILES string of the molecule is Cc1c(C)c(O)c2c(O)c(O)c(O)cc2c1-c1cc(O)c(O)c(O)c1. The van der Waals surface area contributed by atoms with E-state index in [-0.39, 0.29) is 22.1 Å². The first-order valence-electron chi connectivity index (χ1n) is 7.30. The second-order valence-electron chi connectivity index (χ2n) is 5.85. The van der Waals surface area contributed by atoms with Gasteiger partial charge in [-0.15, -0.1) is 0 Å². The zero-order valence-electron chi connectivity index (χ0n) is 13.4. The van der Waals surface area contributed by atoms with E-state index in [0.717, 1.165) is 6.07 Å². The zero-order chi connectivity index (χ0) is 18.6. The Hall–Kier alpha value is -3.48. The van der Waals surface area contributed by atoms with Crippen LogP contribution in [0.3, 0.4) is 0 Å². The Bertz CT molecular complexity index is 1010. The van der Waals surface area contributed by atoms with E-state index in [1.165, 1.54) is 12.1 Å². The van der Waals surface area contributed by atoms with Crippen LogP contribution in [0.4, 0.5) is 0 Å². The molecule has 0 aromatic heterocycles. The molecule has 3 aromatic rings. The molecule has 0 amide bonds. The predicted octanol–water partition coefficient (Wildman–Crippen LogP) is 3.06. The number of hydrogen-bond acceptors (Lipinski definition) is 7. The summed E-state index contributed by atoms with van der Waals surface area (Å²) in [6, 6.07) is 3.56. The third kappa shape index (κ3) is 2.20. The lowest BCUT2D eigenvalue weighted by Crippen LogP contribution is -1.93. The van der Waals surface area contributed by atoms with Gasteiger partial charge in [0.2, 0.25) is 5.75 Å². The minimum atomic E-state index is -0.770. The molecule has 0 aliphatic heterocycles. The van der Waals surface area contributed by atoms with Gasteiger partial charge in [0.25, 0.3) is 0 Å². The molecule has 25 heavy (non-hydrogen) atoms. The predicted molar refractivity (Wildman–Crippen MR) is 90.5 cm³/mol. The van der Waals surface area contributed by atoms with Crippen molar-refractivity contribution >= 4 is 10.8 Å². The molecular formula is C18H16O7. The Labute approximate surface area is 141 Å². The summed E-state index contributed by atoms with van der Waals surface area (Å²) in [6.07, 6.45) is 0. The van der Waals surface area contributed by atoms with E-state index in [2.05, 4.69) is 0 Å². The Morgan fingerprint density at radius 2 is 1.08 bits per heavy atom. The average Bonchev–Trinajstić information content (AvgIpc) is 2.55. The molecule has 0 fully saturated rings. The van der Waals surface area contributed by atoms with Crippen molar-refractivity contribution in [1.82, 2.24) is 0 Å². The first-order chi connectivity index (χ1) is 11.6. The zero-order valence-corrected chi connectivity index (χ0v) is 13.4. The van der Waals surface area contributed by atoms with E-state index in [1.807, 2.05) is 0 Å². The molecule has 3 aromatic carbocycles. The van der Waals surface area contributed by atoms with Crippen LogP contribution in [-0.4, -0.2) is 35.7 Å². The van der Waals surface area contributed by atoms with Crippen molar-refractivity contribution in [1.29, 1.82) is 0 Å². The molecule has 0 heterocycles. The molecule has 0 radical (unpaired) electrons. The van der Waals surface area contributed by atoms with Gasteiger partial charge in [0, 0.05) is 5.39 Å². The molecular weight excluding hydrogens is 328 g/mol. The minimum absolute atomic E-state index is 0.0829. The molecule has 7 nitrogen and oxygen atoms in total. The normalized spacial score (nSPS) is 11.1. The second kappa shape index (κ2) is 5.27. The third-order valence-corrected chi connectivity index (χ3v) is 4.41. The molecule has 130 valence electrons. The Balaban J connectivity index is 2.56. The molecule has 3 rings (SSSR count). The molecule has 7 N–H and O–H groups in total. The lowest BCUT2D eigenvalue weighted by atomic mass is 9.89. The first-order valence-corrected chi connectivity index (χ1v) is 7.30. The fourth-order valence-corrected chi connectivity index (χ4v) is 2.96. The molecule has 7 heteroatoms. The van der Waals surface area contributed by atoms with Crippen LogP contribution in [0.15, 0.2) is 18.2 Å². The van der Waals surface area contributed by atoms with Gasteiger partial charge in [-0.05, 0) is 54.3 Å². The van der Waals surface area contributed by atoms with Crippen LogP contribution in [0.1, 0.15) is 11.1 Å². The van der Waals surface area contributed by atoms with Gasteiger partial charge in [-0.25, -0.2) is 0 Å². The highest BCUT2D eigenvalue weighted by Crippen LogP contribution is 2.51. The van der Waals surface area contributed by atoms with E-state index < -0.39 is 34.5 Å². The van der Waals surface area contributed by atoms with Crippen molar-refractivity contribution in [3.05, 3.63) is 29.3 Å². The lowest BCUT2D eigenvalue weighted by Gasteiger charge is -2.18. The monoisotopic (exact) mass is 344 g/mol. The maximum atomic E-state index is 10.4. The Morgan fingerprint density at radius 1 is 0.560 bits per heavy atom. The highest BCUT2D eigenvalue weighted by molar-refractivity contribution is 6.07. The van der Waals surface area contributed by atoms with Gasteiger partial charge < -0.3 is 35.7 Å². The topological polar surface area (TPSA) is 142 Å². The van der Waals surface area contributed by atoms with E-state index in [1.54, 1.807) is 13.8 Å². The van der Waals surface area contributed by atoms with Crippen LogP contribution in [0.5, 0.6) is 40.2 Å². The van der Waals surface area contributed by atoms with E-state index >= 15 is 0 Å². The van der Waals surface area contributed by atoms with E-state index in [9.17, 15) is 35.7 Å². The highest BCUT2D eigenvalue weighted by atomic mass is 16.3. The van der Waals surface area contributed by atoms with Crippen molar-refractivity contribution in [2.24, 2.45) is 0 Å². The maximum Gasteiger partial charge on any atom is 0.201 e. The van der Waals surface area contributed by atoms with Crippen molar-refractivity contribution < 1.29 is 35.7 Å². The smallest absolute Gasteiger partial charge is 0.201 e. The number of benzene rings is 3. The summed E-state index contributed by atoms with van der Waals surface area (Å²) in [5, 5.41) is 69.3. The van der Waals surface area contributed by atoms with E-state index in [4.69, 9.17) is 0 Å². The Morgan fingerprint density at radius 3 is 1.64 bits per heavy atom. The summed E-state index contributed by atoms with van der Waals surface area (Å²) < 4.78 is 0. The largest absolute Gasteiger partial charge is 0.507 e. The third-order valence-electron chi connectivity index (χ3n) is 4.41. The number of phenolic OH excluding ortho intramolecular Hbond substituents is 7. The maximum absolute atomic E-state index is 10.4. The average molecular weight is 344 g/mol. The van der Waals surface area contributed by atoms with Gasteiger partial charge in [0.05, 0.1) is 5.39 Å². The van der Waals surface area contributed by atoms with Gasteiger partial charge in [-0.1, -0.05) is 0 Å². The molecule has 0 spiro atoms. The summed E-state index contributed by atoms with van der Waals surface area (Å²) in [6.45, 7) is 3.27. The van der Waals surface area contributed by atoms with Gasteiger partial charge in [-0.2, -0.15) is 0 Å². The number of rotatable bonds is 1. The van der Waals surface area contributed by atoms with Crippen LogP contribution in [0.2, 0.25) is 0 Å². The van der Waals surface area contributed by atoms with Crippen LogP contribution in [-0.2, 0) is 0 Å². The lowest BCUT2D eigenvalue weighted by molar-refractivity contribution is 0.368. The van der Waals surface area contributed by atoms with Crippen LogP contribution in [0.25, 0.3) is 21.9 Å². The molecule has 0 saturated carbocycles. The standard InChI is InChI=1S/C18H16O7/c1-6-7(2)15(22)14-9(5-12(21)17(24)18(14)25)13(6)8-3-10(19)16(23)11(20)4-8/h3-5,19-25H,1-2H3. The fourth-order valence-electron chi connectivity index (χ4n) is 2.96. The van der Waals surface area contributed by atoms with Crippen LogP contribution in [0, 0.1) is 13.8 Å². The van der Waals surface area contributed by atoms with Crippen molar-refractivity contribution in [2.45, 2.75) is 13.8 Å². The summed E-state index contributed by atoms with van der Waals surface area (Å²) in [5.74, 6) is -4.11. The molecule has 0 aliphatic carbocycles. The minimum Gasteiger partial charge on any atom is -0.507 e. The molecule has 0 saturated heterocycles. The number of hydrogen-bond donors (Lipinski definition) is 7. The summed E-state index contributed by atoms with van der Waals surface area (Å²) in [7, 11) is 0. The van der Waals surface area contributed by atoms with Crippen molar-refractivity contribution in [3.8, 4) is 51.4 Å². The number of phenols is 7. The summed E-state index contributed by atoms with van der Waals surface area (Å²) >= 11 is 0. The summed E-state index contributed by atoms with van der Waals surface area (Å²) in [5.41, 5.74) is 1.62. The highest BCUT2D eigenvalue weighted by Gasteiger charge is 2.23. The van der Waals surface area contributed by atoms with Crippen LogP contribution < -0.4 is 0 Å². The van der Waals surface area contributed by atoms with Gasteiger partial charge in [-0.3, -0.25) is 0 Å². The van der Waals surface area contributed by atoms with Gasteiger partial charge in [0.1, 0.15) is 5.75 Å². The molecule has 0 unspecified atom stereocenters.